The quantitative estimate of drug-likeness (QED) is 0.299. The average Bonchev–Trinajstić information content (AvgIpc) is 2.87. The van der Waals surface area contributed by atoms with Crippen molar-refractivity contribution in [1.29, 1.82) is 0 Å². The second-order valence-corrected chi connectivity index (χ2v) is 13.9. The summed E-state index contributed by atoms with van der Waals surface area (Å²) in [6.45, 7) is 12.0. The monoisotopic (exact) mass is 617 g/mol. The Morgan fingerprint density at radius 3 is 2.02 bits per heavy atom. The normalized spacial score (nSPS) is 12.5. The molecule has 0 heterocycles. The lowest BCUT2D eigenvalue weighted by atomic mass is 10.1. The zero-order valence-corrected chi connectivity index (χ0v) is 26.8. The van der Waals surface area contributed by atoms with Crippen LogP contribution in [0.15, 0.2) is 65.6 Å². The first-order chi connectivity index (χ1) is 19.0. The standard InChI is InChI=1S/C31H37Cl2N3O4S/c1-20-12-15-24(16-13-20)41(39,40)36(28-17-21(2)11-14-22(28)3)19-29(37)35(23(4)30(38)34-31(5,6)7)18-25-26(32)9-8-10-27(25)33/h8-17,23H,18-19H2,1-7H3,(H,34,38). The van der Waals surface area contributed by atoms with Gasteiger partial charge < -0.3 is 10.2 Å². The number of hydrogen-bond acceptors (Lipinski definition) is 4. The molecule has 0 saturated carbocycles. The summed E-state index contributed by atoms with van der Waals surface area (Å²) in [7, 11) is -4.17. The number of hydrogen-bond donors (Lipinski definition) is 1. The molecule has 7 nitrogen and oxygen atoms in total. The van der Waals surface area contributed by atoms with Crippen LogP contribution < -0.4 is 9.62 Å². The summed E-state index contributed by atoms with van der Waals surface area (Å²) in [6, 6.07) is 15.9. The van der Waals surface area contributed by atoms with Crippen LogP contribution in [-0.2, 0) is 26.2 Å². The van der Waals surface area contributed by atoms with Crippen molar-refractivity contribution in [3.63, 3.8) is 0 Å². The van der Waals surface area contributed by atoms with E-state index in [-0.39, 0.29) is 11.4 Å². The van der Waals surface area contributed by atoms with Gasteiger partial charge in [0.1, 0.15) is 12.6 Å². The van der Waals surface area contributed by atoms with Gasteiger partial charge in [-0.1, -0.05) is 59.1 Å². The molecule has 1 atom stereocenters. The van der Waals surface area contributed by atoms with Crippen molar-refractivity contribution in [3.8, 4) is 0 Å². The summed E-state index contributed by atoms with van der Waals surface area (Å²) in [4.78, 5) is 28.8. The van der Waals surface area contributed by atoms with E-state index in [1.54, 1.807) is 50.2 Å². The molecule has 0 aliphatic rings. The van der Waals surface area contributed by atoms with Crippen molar-refractivity contribution in [2.45, 2.75) is 71.5 Å². The highest BCUT2D eigenvalue weighted by molar-refractivity contribution is 7.92. The third-order valence-electron chi connectivity index (χ3n) is 6.58. The van der Waals surface area contributed by atoms with E-state index in [2.05, 4.69) is 5.32 Å². The lowest BCUT2D eigenvalue weighted by Crippen LogP contribution is -2.54. The van der Waals surface area contributed by atoms with E-state index in [4.69, 9.17) is 23.2 Å². The third-order valence-corrected chi connectivity index (χ3v) is 9.06. The van der Waals surface area contributed by atoms with Crippen LogP contribution in [0.2, 0.25) is 10.0 Å². The number of amides is 2. The Hall–Kier alpha value is -3.07. The Balaban J connectivity index is 2.12. The summed E-state index contributed by atoms with van der Waals surface area (Å²) in [5.41, 5.74) is 2.69. The number of rotatable bonds is 9. The predicted octanol–water partition coefficient (Wildman–Crippen LogP) is 6.45. The number of nitrogens with zero attached hydrogens (tertiary/aromatic N) is 2. The van der Waals surface area contributed by atoms with Gasteiger partial charge in [0.25, 0.3) is 10.0 Å². The number of carbonyl (C=O) groups is 2. The van der Waals surface area contributed by atoms with Gasteiger partial charge in [-0.05, 0) is 89.9 Å². The van der Waals surface area contributed by atoms with Gasteiger partial charge in [0.15, 0.2) is 0 Å². The van der Waals surface area contributed by atoms with Crippen LogP contribution in [0.1, 0.15) is 49.9 Å². The molecule has 0 aliphatic heterocycles. The molecular formula is C31H37Cl2N3O4S. The van der Waals surface area contributed by atoms with E-state index in [0.29, 0.717) is 26.9 Å². The lowest BCUT2D eigenvalue weighted by Gasteiger charge is -2.34. The minimum absolute atomic E-state index is 0.0519. The predicted molar refractivity (Wildman–Crippen MR) is 166 cm³/mol. The highest BCUT2D eigenvalue weighted by atomic mass is 35.5. The van der Waals surface area contributed by atoms with Crippen molar-refractivity contribution >= 4 is 50.7 Å². The van der Waals surface area contributed by atoms with Crippen molar-refractivity contribution in [2.75, 3.05) is 10.8 Å². The van der Waals surface area contributed by atoms with Crippen molar-refractivity contribution in [2.24, 2.45) is 0 Å². The molecule has 0 spiro atoms. The number of anilines is 1. The summed E-state index contributed by atoms with van der Waals surface area (Å²) in [5, 5.41) is 3.56. The molecule has 1 N–H and O–H groups in total. The van der Waals surface area contributed by atoms with Crippen molar-refractivity contribution < 1.29 is 18.0 Å². The molecule has 0 saturated heterocycles. The zero-order valence-electron chi connectivity index (χ0n) is 24.5. The number of carbonyl (C=O) groups excluding carboxylic acids is 2. The van der Waals surface area contributed by atoms with E-state index in [0.717, 1.165) is 15.4 Å². The first-order valence-corrected chi connectivity index (χ1v) is 15.4. The van der Waals surface area contributed by atoms with E-state index in [9.17, 15) is 18.0 Å². The minimum Gasteiger partial charge on any atom is -0.350 e. The highest BCUT2D eigenvalue weighted by Gasteiger charge is 2.34. The number of halogens is 2. The van der Waals surface area contributed by atoms with Gasteiger partial charge in [-0.2, -0.15) is 0 Å². The number of benzene rings is 3. The first kappa shape index (κ1) is 32.4. The molecule has 3 aromatic rings. The van der Waals surface area contributed by atoms with Crippen LogP contribution in [0.5, 0.6) is 0 Å². The molecule has 0 aromatic heterocycles. The van der Waals surface area contributed by atoms with Crippen molar-refractivity contribution in [3.05, 3.63) is 93.0 Å². The smallest absolute Gasteiger partial charge is 0.264 e. The lowest BCUT2D eigenvalue weighted by molar-refractivity contribution is -0.140. The van der Waals surface area contributed by atoms with Crippen LogP contribution in [0, 0.1) is 20.8 Å². The number of nitrogens with one attached hydrogen (secondary N) is 1. The van der Waals surface area contributed by atoms with Crippen LogP contribution in [0.4, 0.5) is 5.69 Å². The zero-order chi connectivity index (χ0) is 30.7. The van der Waals surface area contributed by atoms with Gasteiger partial charge in [-0.15, -0.1) is 0 Å². The van der Waals surface area contributed by atoms with E-state index in [1.165, 1.54) is 17.0 Å². The maximum atomic E-state index is 14.1. The Bertz CT molecular complexity index is 1510. The van der Waals surface area contributed by atoms with Gasteiger partial charge in [0.05, 0.1) is 10.6 Å². The molecule has 2 amide bonds. The van der Waals surface area contributed by atoms with Gasteiger partial charge in [0, 0.05) is 27.7 Å². The summed E-state index contributed by atoms with van der Waals surface area (Å²) in [5.74, 6) is -0.983. The molecule has 0 radical (unpaired) electrons. The van der Waals surface area contributed by atoms with Gasteiger partial charge in [-0.25, -0.2) is 8.42 Å². The maximum Gasteiger partial charge on any atom is 0.264 e. The SMILES string of the molecule is Cc1ccc(S(=O)(=O)N(CC(=O)N(Cc2c(Cl)cccc2Cl)C(C)C(=O)NC(C)(C)C)c2cc(C)ccc2C)cc1. The van der Waals surface area contributed by atoms with E-state index in [1.807, 2.05) is 46.8 Å². The summed E-state index contributed by atoms with van der Waals surface area (Å²) >= 11 is 12.9. The largest absolute Gasteiger partial charge is 0.350 e. The molecule has 3 aromatic carbocycles. The summed E-state index contributed by atoms with van der Waals surface area (Å²) in [6.07, 6.45) is 0. The Morgan fingerprint density at radius 2 is 1.46 bits per heavy atom. The van der Waals surface area contributed by atoms with Gasteiger partial charge in [-0.3, -0.25) is 13.9 Å². The highest BCUT2D eigenvalue weighted by Crippen LogP contribution is 2.30. The molecule has 0 aliphatic carbocycles. The first-order valence-electron chi connectivity index (χ1n) is 13.2. The molecule has 0 fully saturated rings. The second kappa shape index (κ2) is 12.8. The average molecular weight is 619 g/mol. The van der Waals surface area contributed by atoms with Crippen LogP contribution in [-0.4, -0.2) is 43.3 Å². The van der Waals surface area contributed by atoms with Crippen molar-refractivity contribution in [1.82, 2.24) is 10.2 Å². The molecular weight excluding hydrogens is 581 g/mol. The fraction of sp³-hybridized carbons (Fsp3) is 0.355. The fourth-order valence-corrected chi connectivity index (χ4v) is 6.24. The topological polar surface area (TPSA) is 86.8 Å². The van der Waals surface area contributed by atoms with Crippen LogP contribution in [0.3, 0.4) is 0 Å². The molecule has 1 unspecified atom stereocenters. The van der Waals surface area contributed by atoms with E-state index >= 15 is 0 Å². The maximum absolute atomic E-state index is 14.1. The Labute approximate surface area is 253 Å². The number of sulfonamides is 1. The Kier molecular flexibility index (Phi) is 10.2. The minimum atomic E-state index is -4.17. The third kappa shape index (κ3) is 8.03. The van der Waals surface area contributed by atoms with Crippen LogP contribution in [0.25, 0.3) is 0 Å². The summed E-state index contributed by atoms with van der Waals surface area (Å²) < 4.78 is 29.2. The van der Waals surface area contributed by atoms with Gasteiger partial charge >= 0.3 is 0 Å². The molecule has 41 heavy (non-hydrogen) atoms. The molecule has 0 bridgehead atoms. The molecule has 10 heteroatoms. The molecule has 220 valence electrons. The second-order valence-electron chi connectivity index (χ2n) is 11.3. The van der Waals surface area contributed by atoms with E-state index < -0.39 is 40.0 Å². The molecule has 3 rings (SSSR count). The van der Waals surface area contributed by atoms with Crippen LogP contribution >= 0.6 is 23.2 Å². The fourth-order valence-electron chi connectivity index (χ4n) is 4.25. The van der Waals surface area contributed by atoms with Gasteiger partial charge in [0.2, 0.25) is 11.8 Å². The number of aryl methyl sites for hydroxylation is 3. The Morgan fingerprint density at radius 1 is 0.902 bits per heavy atom.